The lowest BCUT2D eigenvalue weighted by Crippen LogP contribution is -2.42. The number of rotatable bonds is 9. The minimum Gasteiger partial charge on any atom is -0.481 e. The highest BCUT2D eigenvalue weighted by molar-refractivity contribution is 5.88. The summed E-state index contributed by atoms with van der Waals surface area (Å²) in [5.74, 6) is -5.02. The van der Waals surface area contributed by atoms with Crippen LogP contribution in [0.4, 0.5) is 0 Å². The maximum absolute atomic E-state index is 11.0. The Kier molecular flexibility index (Phi) is 9.51. The molecule has 11 nitrogen and oxygen atoms in total. The van der Waals surface area contributed by atoms with E-state index in [1.54, 1.807) is 6.20 Å². The Bertz CT molecular complexity index is 1090. The van der Waals surface area contributed by atoms with Gasteiger partial charge in [0, 0.05) is 37.1 Å². The Labute approximate surface area is 208 Å². The van der Waals surface area contributed by atoms with Gasteiger partial charge in [-0.25, -0.2) is 9.48 Å². The first kappa shape index (κ1) is 28.7. The highest BCUT2D eigenvalue weighted by Crippen LogP contribution is 2.35. The molecule has 1 aromatic heterocycles. The summed E-state index contributed by atoms with van der Waals surface area (Å²) in [7, 11) is 0. The predicted molar refractivity (Wildman–Crippen MR) is 130 cm³/mol. The van der Waals surface area contributed by atoms with Gasteiger partial charge in [0.15, 0.2) is 5.60 Å². The smallest absolute Gasteiger partial charge is 0.336 e. The van der Waals surface area contributed by atoms with Crippen LogP contribution < -0.4 is 0 Å². The Balaban J connectivity index is 0.000000302. The van der Waals surface area contributed by atoms with Crippen LogP contribution in [0.25, 0.3) is 6.20 Å². The van der Waals surface area contributed by atoms with E-state index in [2.05, 4.69) is 42.6 Å². The summed E-state index contributed by atoms with van der Waals surface area (Å²) in [5, 5.41) is 49.2. The third kappa shape index (κ3) is 7.23. The Morgan fingerprint density at radius 1 is 1.08 bits per heavy atom. The Morgan fingerprint density at radius 2 is 1.64 bits per heavy atom. The molecule has 0 unspecified atom stereocenters. The maximum atomic E-state index is 11.0. The predicted octanol–water partition coefficient (Wildman–Crippen LogP) is 1.84. The quantitative estimate of drug-likeness (QED) is 0.340. The fourth-order valence-corrected chi connectivity index (χ4v) is 4.20. The van der Waals surface area contributed by atoms with E-state index in [1.165, 1.54) is 11.1 Å². The average molecular weight is 504 g/mol. The number of benzene rings is 1. The zero-order valence-corrected chi connectivity index (χ0v) is 20.4. The van der Waals surface area contributed by atoms with E-state index in [0.717, 1.165) is 43.7 Å². The van der Waals surface area contributed by atoms with Crippen LogP contribution in [0, 0.1) is 13.8 Å². The number of aliphatic carboxylic acids is 3. The van der Waals surface area contributed by atoms with E-state index >= 15 is 0 Å². The van der Waals surface area contributed by atoms with Gasteiger partial charge in [-0.1, -0.05) is 30.8 Å². The molecule has 0 bridgehead atoms. The molecular weight excluding hydrogens is 470 g/mol. The van der Waals surface area contributed by atoms with E-state index in [4.69, 9.17) is 20.4 Å². The summed E-state index contributed by atoms with van der Waals surface area (Å²) in [6.45, 7) is 10.6. The van der Waals surface area contributed by atoms with Gasteiger partial charge >= 0.3 is 17.9 Å². The van der Waals surface area contributed by atoms with Gasteiger partial charge in [0.05, 0.1) is 24.6 Å². The molecule has 0 aliphatic carbocycles. The fourth-order valence-electron chi connectivity index (χ4n) is 4.20. The maximum Gasteiger partial charge on any atom is 0.336 e. The van der Waals surface area contributed by atoms with Crippen molar-refractivity contribution >= 4 is 24.1 Å². The van der Waals surface area contributed by atoms with Gasteiger partial charge in [-0.15, -0.1) is 0 Å². The molecular formula is C25H33N3O8. The molecule has 0 atom stereocenters. The minimum absolute atomic E-state index is 0.692. The number of carbonyl (C=O) groups is 3. The van der Waals surface area contributed by atoms with Crippen LogP contribution in [0.5, 0.6) is 0 Å². The zero-order chi connectivity index (χ0) is 27.1. The summed E-state index contributed by atoms with van der Waals surface area (Å²) in [5.41, 5.74) is 1.19. The third-order valence-electron chi connectivity index (χ3n) is 6.33. The number of carboxylic acids is 3. The number of nitrogens with zero attached hydrogens (tertiary/aromatic N) is 3. The van der Waals surface area contributed by atoms with Crippen molar-refractivity contribution in [3.63, 3.8) is 0 Å². The van der Waals surface area contributed by atoms with Crippen molar-refractivity contribution in [3.05, 3.63) is 59.4 Å². The molecule has 196 valence electrons. The topological polar surface area (TPSA) is 173 Å². The second-order valence-electron chi connectivity index (χ2n) is 8.98. The summed E-state index contributed by atoms with van der Waals surface area (Å²) < 4.78 is 1.81. The number of aromatic nitrogens is 2. The van der Waals surface area contributed by atoms with Crippen LogP contribution in [0.2, 0.25) is 0 Å². The molecule has 2 heterocycles. The van der Waals surface area contributed by atoms with E-state index in [0.29, 0.717) is 0 Å². The van der Waals surface area contributed by atoms with Crippen molar-refractivity contribution in [1.82, 2.24) is 14.7 Å². The average Bonchev–Trinajstić information content (AvgIpc) is 3.14. The molecule has 5 N–H and O–H groups in total. The first-order chi connectivity index (χ1) is 16.8. The summed E-state index contributed by atoms with van der Waals surface area (Å²) >= 11 is 0. The van der Waals surface area contributed by atoms with E-state index in [-0.39, 0.29) is 0 Å². The number of aliphatic hydroxyl groups is 2. The Morgan fingerprint density at radius 3 is 2.08 bits per heavy atom. The lowest BCUT2D eigenvalue weighted by Gasteiger charge is -2.39. The molecule has 0 spiro atoms. The molecule has 36 heavy (non-hydrogen) atoms. The van der Waals surface area contributed by atoms with Gasteiger partial charge in [0.25, 0.3) is 0 Å². The molecule has 1 saturated heterocycles. The molecule has 0 radical (unpaired) electrons. The van der Waals surface area contributed by atoms with Crippen LogP contribution in [-0.4, -0.2) is 76.8 Å². The minimum atomic E-state index is -2.74. The van der Waals surface area contributed by atoms with Gasteiger partial charge in [-0.05, 0) is 37.8 Å². The Hall–Kier alpha value is -3.54. The van der Waals surface area contributed by atoms with Crippen LogP contribution in [0.15, 0.2) is 37.0 Å². The third-order valence-corrected chi connectivity index (χ3v) is 6.33. The highest BCUT2D eigenvalue weighted by atomic mass is 16.4. The van der Waals surface area contributed by atoms with Gasteiger partial charge in [-0.2, -0.15) is 5.10 Å². The van der Waals surface area contributed by atoms with Gasteiger partial charge in [0.2, 0.25) is 0 Å². The van der Waals surface area contributed by atoms with Crippen molar-refractivity contribution in [2.45, 2.75) is 57.3 Å². The molecule has 1 aromatic carbocycles. The van der Waals surface area contributed by atoms with Crippen molar-refractivity contribution in [2.24, 2.45) is 0 Å². The number of carboxylic acid groups (broad SMARTS) is 3. The van der Waals surface area contributed by atoms with E-state index in [1.807, 2.05) is 23.0 Å². The van der Waals surface area contributed by atoms with E-state index in [9.17, 15) is 19.5 Å². The summed E-state index contributed by atoms with van der Waals surface area (Å²) in [6.07, 6.45) is 2.90. The van der Waals surface area contributed by atoms with Crippen LogP contribution >= 0.6 is 0 Å². The highest BCUT2D eigenvalue weighted by Gasteiger charge is 2.40. The van der Waals surface area contributed by atoms with Crippen LogP contribution in [-0.2, 0) is 26.5 Å². The van der Waals surface area contributed by atoms with Crippen molar-refractivity contribution in [2.75, 3.05) is 13.1 Å². The van der Waals surface area contributed by atoms with Gasteiger partial charge < -0.3 is 25.5 Å². The summed E-state index contributed by atoms with van der Waals surface area (Å²) in [6, 6.07) is 8.17. The molecule has 1 fully saturated rings. The second kappa shape index (κ2) is 11.9. The largest absolute Gasteiger partial charge is 0.481 e. The van der Waals surface area contributed by atoms with Gasteiger partial charge in [-0.3, -0.25) is 14.5 Å². The fraction of sp³-hybridized carbons (Fsp3) is 0.440. The molecule has 2 aromatic rings. The van der Waals surface area contributed by atoms with Crippen molar-refractivity contribution < 1.29 is 39.9 Å². The van der Waals surface area contributed by atoms with Crippen LogP contribution in [0.3, 0.4) is 0 Å². The molecule has 3 rings (SSSR count). The number of piperidine rings is 1. The second-order valence-corrected chi connectivity index (χ2v) is 8.98. The molecule has 1 aliphatic rings. The molecule has 11 heteroatoms. The number of aryl methyl sites for hydroxylation is 1. The van der Waals surface area contributed by atoms with Gasteiger partial charge in [0.1, 0.15) is 0 Å². The first-order valence-corrected chi connectivity index (χ1v) is 11.4. The monoisotopic (exact) mass is 503 g/mol. The molecule has 1 aliphatic heterocycles. The normalized spacial score (nSPS) is 15.4. The van der Waals surface area contributed by atoms with E-state index < -0.39 is 42.0 Å². The lowest BCUT2D eigenvalue weighted by atomic mass is 9.82. The van der Waals surface area contributed by atoms with Crippen molar-refractivity contribution in [3.8, 4) is 0 Å². The number of hydrogen-bond donors (Lipinski definition) is 5. The lowest BCUT2D eigenvalue weighted by molar-refractivity contribution is -0.170. The first-order valence-electron chi connectivity index (χ1n) is 11.4. The SMILES string of the molecule is C=Cn1ncc(CN2CCC(O)(c3ccccc3C)CC2)c1C.O=C(O)CC(O)(CC(=O)O)C(=O)O. The zero-order valence-electron chi connectivity index (χ0n) is 20.4. The standard InChI is InChI=1S/C19H25N3O.C6H8O7/c1-4-22-16(3)17(13-20-22)14-21-11-9-19(23,10-12-21)18-8-6-5-7-15(18)2;7-3(8)1-6(13,5(11)12)2-4(9)10/h4-8,13,23H,1,9-12,14H2,2-3H3;13H,1-2H2,(H,7,8)(H,9,10)(H,11,12). The van der Waals surface area contributed by atoms with Crippen LogP contribution in [0.1, 0.15) is 48.1 Å². The van der Waals surface area contributed by atoms with Crippen molar-refractivity contribution in [1.29, 1.82) is 0 Å². The number of likely N-dealkylation sites (tertiary alicyclic amines) is 1. The number of hydrogen-bond acceptors (Lipinski definition) is 7. The summed E-state index contributed by atoms with van der Waals surface area (Å²) in [4.78, 5) is 32.9. The molecule has 0 amide bonds. The molecule has 0 saturated carbocycles.